The SMILES string of the molecule is O=S1(=O)CCC(O)(CNC2NCNC(N3CCC[C@@H]3C3CCC(C(F)(F)F)CC3)C2F)CC1. The van der Waals surface area contributed by atoms with Crippen LogP contribution in [0.5, 0.6) is 0 Å². The Balaban J connectivity index is 1.33. The van der Waals surface area contributed by atoms with Crippen molar-refractivity contribution >= 4 is 9.84 Å². The van der Waals surface area contributed by atoms with E-state index in [-0.39, 0.29) is 55.7 Å². The van der Waals surface area contributed by atoms with E-state index in [1.165, 1.54) is 0 Å². The summed E-state index contributed by atoms with van der Waals surface area (Å²) < 4.78 is 78.0. The maximum atomic E-state index is 15.6. The first-order valence-corrected chi connectivity index (χ1v) is 13.9. The van der Waals surface area contributed by atoms with Gasteiger partial charge in [-0.1, -0.05) is 0 Å². The number of nitrogens with zero attached hydrogens (tertiary/aromatic N) is 1. The molecule has 4 N–H and O–H groups in total. The molecule has 33 heavy (non-hydrogen) atoms. The Bertz CT molecular complexity index is 762. The summed E-state index contributed by atoms with van der Waals surface area (Å²) in [5.41, 5.74) is -1.18. The highest BCUT2D eigenvalue weighted by molar-refractivity contribution is 7.91. The van der Waals surface area contributed by atoms with Crippen molar-refractivity contribution in [1.29, 1.82) is 0 Å². The molecule has 0 bridgehead atoms. The van der Waals surface area contributed by atoms with E-state index in [2.05, 4.69) is 20.9 Å². The number of alkyl halides is 4. The summed E-state index contributed by atoms with van der Waals surface area (Å²) in [4.78, 5) is 2.10. The van der Waals surface area contributed by atoms with Crippen molar-refractivity contribution in [1.82, 2.24) is 20.9 Å². The van der Waals surface area contributed by atoms with Crippen molar-refractivity contribution in [2.75, 3.05) is 31.3 Å². The second kappa shape index (κ2) is 9.85. The number of hydrogen-bond donors (Lipinski definition) is 4. The van der Waals surface area contributed by atoms with Crippen molar-refractivity contribution in [2.45, 2.75) is 87.7 Å². The average Bonchev–Trinajstić information content (AvgIpc) is 3.25. The Morgan fingerprint density at radius 3 is 2.36 bits per heavy atom. The summed E-state index contributed by atoms with van der Waals surface area (Å²) in [5, 5.41) is 20.0. The summed E-state index contributed by atoms with van der Waals surface area (Å²) in [6.45, 7) is 1.16. The Morgan fingerprint density at radius 2 is 1.73 bits per heavy atom. The third-order valence-corrected chi connectivity index (χ3v) is 9.79. The van der Waals surface area contributed by atoms with Gasteiger partial charge in [0, 0.05) is 25.8 Å². The van der Waals surface area contributed by atoms with Gasteiger partial charge in [-0.15, -0.1) is 0 Å². The van der Waals surface area contributed by atoms with Crippen LogP contribution in [-0.4, -0.2) is 86.0 Å². The maximum Gasteiger partial charge on any atom is 0.391 e. The van der Waals surface area contributed by atoms with Crippen LogP contribution in [0.3, 0.4) is 0 Å². The Hall–Kier alpha value is -0.530. The van der Waals surface area contributed by atoms with Crippen LogP contribution in [-0.2, 0) is 9.84 Å². The highest BCUT2D eigenvalue weighted by Gasteiger charge is 2.47. The Labute approximate surface area is 193 Å². The highest BCUT2D eigenvalue weighted by Crippen LogP contribution is 2.43. The van der Waals surface area contributed by atoms with E-state index >= 15 is 4.39 Å². The molecule has 4 atom stereocenters. The third kappa shape index (κ3) is 6.00. The molecule has 0 aromatic heterocycles. The van der Waals surface area contributed by atoms with Crippen molar-refractivity contribution in [2.24, 2.45) is 11.8 Å². The zero-order chi connectivity index (χ0) is 23.9. The molecule has 0 radical (unpaired) electrons. The Kier molecular flexibility index (Phi) is 7.63. The van der Waals surface area contributed by atoms with E-state index in [0.29, 0.717) is 26.1 Å². The molecular formula is C21H36F4N4O3S. The molecule has 3 heterocycles. The van der Waals surface area contributed by atoms with E-state index in [4.69, 9.17) is 0 Å². The third-order valence-electron chi connectivity index (χ3n) is 8.14. The minimum absolute atomic E-state index is 0.0708. The van der Waals surface area contributed by atoms with Crippen LogP contribution in [0.4, 0.5) is 17.6 Å². The maximum absolute atomic E-state index is 15.6. The fourth-order valence-electron chi connectivity index (χ4n) is 6.06. The van der Waals surface area contributed by atoms with Gasteiger partial charge in [-0.3, -0.25) is 20.9 Å². The normalized spacial score (nSPS) is 40.0. The number of nitrogens with one attached hydrogen (secondary N) is 3. The summed E-state index contributed by atoms with van der Waals surface area (Å²) in [6, 6.07) is 0.0708. The standard InChI is InChI=1S/C21H36F4N4O3S/c22-17-18(26-12-20(30)7-10-33(31,32)11-8-20)27-13-28-19(17)29-9-1-2-16(29)14-3-5-15(6-4-14)21(23,24)25/h14-19,26-28,30H,1-13H2/t14?,15?,16-,17?,18?,19?/m1/s1. The average molecular weight is 501 g/mol. The van der Waals surface area contributed by atoms with Crippen LogP contribution in [0.2, 0.25) is 0 Å². The van der Waals surface area contributed by atoms with Crippen molar-refractivity contribution in [3.8, 4) is 0 Å². The van der Waals surface area contributed by atoms with E-state index in [1.54, 1.807) is 0 Å². The quantitative estimate of drug-likeness (QED) is 0.425. The highest BCUT2D eigenvalue weighted by atomic mass is 32.2. The van der Waals surface area contributed by atoms with E-state index < -0.39 is 46.0 Å². The van der Waals surface area contributed by atoms with Crippen LogP contribution < -0.4 is 16.0 Å². The fraction of sp³-hybridized carbons (Fsp3) is 1.00. The van der Waals surface area contributed by atoms with Gasteiger partial charge in [-0.25, -0.2) is 12.8 Å². The lowest BCUT2D eigenvalue weighted by molar-refractivity contribution is -0.185. The molecular weight excluding hydrogens is 464 g/mol. The molecule has 0 spiro atoms. The molecule has 0 aromatic rings. The zero-order valence-electron chi connectivity index (χ0n) is 18.8. The van der Waals surface area contributed by atoms with Crippen LogP contribution in [0, 0.1) is 11.8 Å². The molecule has 1 aliphatic carbocycles. The van der Waals surface area contributed by atoms with Gasteiger partial charge in [0.25, 0.3) is 0 Å². The smallest absolute Gasteiger partial charge is 0.388 e. The molecule has 0 aromatic carbocycles. The fourth-order valence-corrected chi connectivity index (χ4v) is 7.64. The van der Waals surface area contributed by atoms with Gasteiger partial charge in [0.2, 0.25) is 0 Å². The predicted molar refractivity (Wildman–Crippen MR) is 116 cm³/mol. The number of rotatable bonds is 5. The first-order chi connectivity index (χ1) is 15.5. The van der Waals surface area contributed by atoms with Crippen molar-refractivity contribution < 1.29 is 31.1 Å². The molecule has 4 rings (SSSR count). The van der Waals surface area contributed by atoms with Gasteiger partial charge < -0.3 is 5.11 Å². The van der Waals surface area contributed by atoms with Crippen LogP contribution in [0.15, 0.2) is 0 Å². The molecule has 3 unspecified atom stereocenters. The van der Waals surface area contributed by atoms with Crippen LogP contribution in [0.1, 0.15) is 51.4 Å². The number of likely N-dealkylation sites (tertiary alicyclic amines) is 1. The van der Waals surface area contributed by atoms with Crippen molar-refractivity contribution in [3.05, 3.63) is 0 Å². The predicted octanol–water partition coefficient (Wildman–Crippen LogP) is 1.49. The van der Waals surface area contributed by atoms with E-state index in [1.807, 2.05) is 0 Å². The molecule has 3 saturated heterocycles. The second-order valence-electron chi connectivity index (χ2n) is 10.3. The number of halogens is 4. The molecule has 0 amide bonds. The second-order valence-corrected chi connectivity index (χ2v) is 12.6. The number of hydrogen-bond acceptors (Lipinski definition) is 7. The lowest BCUT2D eigenvalue weighted by atomic mass is 9.77. The largest absolute Gasteiger partial charge is 0.391 e. The van der Waals surface area contributed by atoms with Gasteiger partial charge in [0.1, 0.15) is 0 Å². The lowest BCUT2D eigenvalue weighted by Crippen LogP contribution is -2.70. The summed E-state index contributed by atoms with van der Waals surface area (Å²) in [7, 11) is -3.11. The summed E-state index contributed by atoms with van der Waals surface area (Å²) in [5.74, 6) is -1.22. The first kappa shape index (κ1) is 25.6. The molecule has 4 fully saturated rings. The van der Waals surface area contributed by atoms with Gasteiger partial charge in [0.15, 0.2) is 16.0 Å². The Morgan fingerprint density at radius 1 is 1.06 bits per heavy atom. The number of aliphatic hydroxyl groups is 1. The van der Waals surface area contributed by atoms with Crippen LogP contribution in [0.25, 0.3) is 0 Å². The minimum Gasteiger partial charge on any atom is -0.388 e. The molecule has 1 saturated carbocycles. The summed E-state index contributed by atoms with van der Waals surface area (Å²) in [6.07, 6.45) is -3.38. The molecule has 12 heteroatoms. The molecule has 3 aliphatic heterocycles. The topological polar surface area (TPSA) is 93.7 Å². The van der Waals surface area contributed by atoms with Gasteiger partial charge in [-0.2, -0.15) is 13.2 Å². The minimum atomic E-state index is -4.13. The molecule has 4 aliphatic rings. The van der Waals surface area contributed by atoms with Gasteiger partial charge >= 0.3 is 6.18 Å². The van der Waals surface area contributed by atoms with Gasteiger partial charge in [-0.05, 0) is 57.3 Å². The van der Waals surface area contributed by atoms with Crippen molar-refractivity contribution in [3.63, 3.8) is 0 Å². The lowest BCUT2D eigenvalue weighted by Gasteiger charge is -2.45. The molecule has 7 nitrogen and oxygen atoms in total. The monoisotopic (exact) mass is 500 g/mol. The van der Waals surface area contributed by atoms with E-state index in [0.717, 1.165) is 12.8 Å². The molecule has 192 valence electrons. The first-order valence-electron chi connectivity index (χ1n) is 12.1. The van der Waals surface area contributed by atoms with Crippen LogP contribution >= 0.6 is 0 Å². The number of sulfone groups is 1. The zero-order valence-corrected chi connectivity index (χ0v) is 19.6. The van der Waals surface area contributed by atoms with E-state index in [9.17, 15) is 26.7 Å². The van der Waals surface area contributed by atoms with Gasteiger partial charge in [0.05, 0.1) is 35.4 Å². The summed E-state index contributed by atoms with van der Waals surface area (Å²) >= 11 is 0.